The second-order valence-electron chi connectivity index (χ2n) is 3.94. The lowest BCUT2D eigenvalue weighted by Gasteiger charge is -2.26. The molecule has 0 radical (unpaired) electrons. The summed E-state index contributed by atoms with van der Waals surface area (Å²) in [5.41, 5.74) is 0.799. The number of halogens is 1. The van der Waals surface area contributed by atoms with Crippen LogP contribution >= 0.6 is 11.6 Å². The SMILES string of the molecule is CNc1ccc(Cl)c(CN2CCNC(=O)C2)n1. The molecule has 1 saturated heterocycles. The number of carbonyl (C=O) groups excluding carboxylic acids is 1. The first kappa shape index (κ1) is 12.1. The highest BCUT2D eigenvalue weighted by molar-refractivity contribution is 6.31. The maximum absolute atomic E-state index is 11.3. The molecule has 0 spiro atoms. The maximum Gasteiger partial charge on any atom is 0.234 e. The van der Waals surface area contributed by atoms with E-state index in [0.717, 1.165) is 18.1 Å². The molecule has 2 heterocycles. The molecule has 1 aromatic heterocycles. The summed E-state index contributed by atoms with van der Waals surface area (Å²) in [4.78, 5) is 17.7. The van der Waals surface area contributed by atoms with Crippen LogP contribution < -0.4 is 10.6 Å². The Hall–Kier alpha value is -1.33. The minimum atomic E-state index is 0.0529. The minimum Gasteiger partial charge on any atom is -0.373 e. The lowest BCUT2D eigenvalue weighted by Crippen LogP contribution is -2.47. The Labute approximate surface area is 105 Å². The van der Waals surface area contributed by atoms with E-state index in [9.17, 15) is 4.79 Å². The zero-order valence-electron chi connectivity index (χ0n) is 9.66. The van der Waals surface area contributed by atoms with Gasteiger partial charge in [0.05, 0.1) is 17.3 Å². The number of nitrogens with zero attached hydrogens (tertiary/aromatic N) is 2. The summed E-state index contributed by atoms with van der Waals surface area (Å²) in [5, 5.41) is 6.40. The monoisotopic (exact) mass is 254 g/mol. The van der Waals surface area contributed by atoms with Crippen LogP contribution in [0.25, 0.3) is 0 Å². The molecular formula is C11H15ClN4O. The van der Waals surface area contributed by atoms with Crippen LogP contribution in [-0.2, 0) is 11.3 Å². The van der Waals surface area contributed by atoms with Gasteiger partial charge in [-0.1, -0.05) is 11.6 Å². The van der Waals surface area contributed by atoms with E-state index in [1.54, 1.807) is 0 Å². The molecule has 6 heteroatoms. The highest BCUT2D eigenvalue weighted by Crippen LogP contribution is 2.18. The van der Waals surface area contributed by atoms with Crippen LogP contribution in [0.5, 0.6) is 0 Å². The molecular weight excluding hydrogens is 240 g/mol. The van der Waals surface area contributed by atoms with Gasteiger partial charge in [0.15, 0.2) is 0 Å². The van der Waals surface area contributed by atoms with Gasteiger partial charge in [-0.2, -0.15) is 0 Å². The molecule has 2 N–H and O–H groups in total. The van der Waals surface area contributed by atoms with Gasteiger partial charge >= 0.3 is 0 Å². The van der Waals surface area contributed by atoms with E-state index in [-0.39, 0.29) is 5.91 Å². The normalized spacial score (nSPS) is 16.7. The fourth-order valence-electron chi connectivity index (χ4n) is 1.77. The van der Waals surface area contributed by atoms with Crippen molar-refractivity contribution in [2.75, 3.05) is 32.0 Å². The second kappa shape index (κ2) is 5.33. The summed E-state index contributed by atoms with van der Waals surface area (Å²) in [6.07, 6.45) is 0. The zero-order valence-corrected chi connectivity index (χ0v) is 10.4. The number of hydrogen-bond acceptors (Lipinski definition) is 4. The number of nitrogens with one attached hydrogen (secondary N) is 2. The van der Waals surface area contributed by atoms with Crippen LogP contribution in [0.3, 0.4) is 0 Å². The maximum atomic E-state index is 11.3. The topological polar surface area (TPSA) is 57.3 Å². The highest BCUT2D eigenvalue weighted by atomic mass is 35.5. The number of piperazine rings is 1. The van der Waals surface area contributed by atoms with Crippen molar-refractivity contribution >= 4 is 23.3 Å². The Bertz CT molecular complexity index is 424. The first-order chi connectivity index (χ1) is 8.19. The van der Waals surface area contributed by atoms with Crippen molar-refractivity contribution < 1.29 is 4.79 Å². The number of amides is 1. The van der Waals surface area contributed by atoms with Gasteiger partial charge in [-0.25, -0.2) is 4.98 Å². The van der Waals surface area contributed by atoms with Crippen molar-refractivity contribution in [1.82, 2.24) is 15.2 Å². The Morgan fingerprint density at radius 2 is 2.41 bits per heavy atom. The van der Waals surface area contributed by atoms with Crippen LogP contribution in [0.15, 0.2) is 12.1 Å². The van der Waals surface area contributed by atoms with Gasteiger partial charge in [-0.15, -0.1) is 0 Å². The van der Waals surface area contributed by atoms with Crippen molar-refractivity contribution in [3.63, 3.8) is 0 Å². The largest absolute Gasteiger partial charge is 0.373 e. The van der Waals surface area contributed by atoms with Gasteiger partial charge in [-0.05, 0) is 12.1 Å². The number of rotatable bonds is 3. The number of hydrogen-bond donors (Lipinski definition) is 2. The third kappa shape index (κ3) is 3.08. The highest BCUT2D eigenvalue weighted by Gasteiger charge is 2.17. The lowest BCUT2D eigenvalue weighted by molar-refractivity contribution is -0.124. The molecule has 0 bridgehead atoms. The lowest BCUT2D eigenvalue weighted by atomic mass is 10.3. The summed E-state index contributed by atoms with van der Waals surface area (Å²) >= 11 is 6.09. The molecule has 0 atom stereocenters. The van der Waals surface area contributed by atoms with Gasteiger partial charge in [0.1, 0.15) is 5.82 Å². The van der Waals surface area contributed by atoms with Crippen molar-refractivity contribution in [1.29, 1.82) is 0 Å². The first-order valence-corrected chi connectivity index (χ1v) is 5.89. The van der Waals surface area contributed by atoms with Crippen LogP contribution in [-0.4, -0.2) is 42.5 Å². The molecule has 1 aliphatic heterocycles. The predicted octanol–water partition coefficient (Wildman–Crippen LogP) is 0.708. The molecule has 1 aliphatic rings. The smallest absolute Gasteiger partial charge is 0.234 e. The second-order valence-corrected chi connectivity index (χ2v) is 4.34. The van der Waals surface area contributed by atoms with Gasteiger partial charge in [0.25, 0.3) is 0 Å². The Morgan fingerprint density at radius 3 is 3.12 bits per heavy atom. The zero-order chi connectivity index (χ0) is 12.3. The Balaban J connectivity index is 2.09. The predicted molar refractivity (Wildman–Crippen MR) is 67.1 cm³/mol. The summed E-state index contributed by atoms with van der Waals surface area (Å²) in [7, 11) is 1.81. The number of anilines is 1. The summed E-state index contributed by atoms with van der Waals surface area (Å²) in [5.74, 6) is 0.836. The standard InChI is InChI=1S/C11H15ClN4O/c1-13-10-3-2-8(12)9(15-10)6-16-5-4-14-11(17)7-16/h2-3H,4-7H2,1H3,(H,13,15)(H,14,17). The molecule has 0 saturated carbocycles. The molecule has 0 unspecified atom stereocenters. The van der Waals surface area contributed by atoms with E-state index in [4.69, 9.17) is 11.6 Å². The van der Waals surface area contributed by atoms with Gasteiger partial charge in [0, 0.05) is 26.7 Å². The minimum absolute atomic E-state index is 0.0529. The van der Waals surface area contributed by atoms with Gasteiger partial charge < -0.3 is 10.6 Å². The number of aromatic nitrogens is 1. The van der Waals surface area contributed by atoms with E-state index in [2.05, 4.69) is 15.6 Å². The number of carbonyl (C=O) groups is 1. The molecule has 92 valence electrons. The molecule has 0 aromatic carbocycles. The van der Waals surface area contributed by atoms with Crippen molar-refractivity contribution in [3.05, 3.63) is 22.8 Å². The number of pyridine rings is 1. The third-order valence-electron chi connectivity index (χ3n) is 2.67. The summed E-state index contributed by atoms with van der Waals surface area (Å²) < 4.78 is 0. The molecule has 5 nitrogen and oxygen atoms in total. The third-order valence-corrected chi connectivity index (χ3v) is 3.01. The Kier molecular flexibility index (Phi) is 3.81. The fourth-order valence-corrected chi connectivity index (χ4v) is 1.94. The van der Waals surface area contributed by atoms with Crippen LogP contribution in [0, 0.1) is 0 Å². The van der Waals surface area contributed by atoms with Gasteiger partial charge in [-0.3, -0.25) is 9.69 Å². The van der Waals surface area contributed by atoms with Crippen molar-refractivity contribution in [3.8, 4) is 0 Å². The first-order valence-electron chi connectivity index (χ1n) is 5.51. The van der Waals surface area contributed by atoms with E-state index >= 15 is 0 Å². The molecule has 1 aromatic rings. The molecule has 0 aliphatic carbocycles. The van der Waals surface area contributed by atoms with Crippen LogP contribution in [0.1, 0.15) is 5.69 Å². The average molecular weight is 255 g/mol. The molecule has 2 rings (SSSR count). The van der Waals surface area contributed by atoms with Crippen LogP contribution in [0.4, 0.5) is 5.82 Å². The van der Waals surface area contributed by atoms with E-state index in [1.165, 1.54) is 0 Å². The van der Waals surface area contributed by atoms with Crippen molar-refractivity contribution in [2.45, 2.75) is 6.54 Å². The summed E-state index contributed by atoms with van der Waals surface area (Å²) in [6.45, 7) is 2.51. The quantitative estimate of drug-likeness (QED) is 0.834. The molecule has 1 amide bonds. The van der Waals surface area contributed by atoms with Crippen LogP contribution in [0.2, 0.25) is 5.02 Å². The van der Waals surface area contributed by atoms with E-state index in [0.29, 0.717) is 24.7 Å². The van der Waals surface area contributed by atoms with Gasteiger partial charge in [0.2, 0.25) is 5.91 Å². The summed E-state index contributed by atoms with van der Waals surface area (Å²) in [6, 6.07) is 3.65. The molecule has 17 heavy (non-hydrogen) atoms. The fraction of sp³-hybridized carbons (Fsp3) is 0.455. The molecule has 1 fully saturated rings. The van der Waals surface area contributed by atoms with E-state index < -0.39 is 0 Å². The van der Waals surface area contributed by atoms with Crippen molar-refractivity contribution in [2.24, 2.45) is 0 Å². The Morgan fingerprint density at radius 1 is 1.59 bits per heavy atom. The van der Waals surface area contributed by atoms with E-state index in [1.807, 2.05) is 24.1 Å². The average Bonchev–Trinajstić information content (AvgIpc) is 2.32.